The molecule has 86 valence electrons. The lowest BCUT2D eigenvalue weighted by molar-refractivity contribution is 0.698. The fourth-order valence-electron chi connectivity index (χ4n) is 1.07. The summed E-state index contributed by atoms with van der Waals surface area (Å²) in [5, 5.41) is 0. The summed E-state index contributed by atoms with van der Waals surface area (Å²) in [6.45, 7) is 10.9. The Labute approximate surface area is 101 Å². The first-order valence-corrected chi connectivity index (χ1v) is 6.21. The molecule has 0 N–H and O–H groups in total. The van der Waals surface area contributed by atoms with Crippen LogP contribution < -0.4 is 0 Å². The summed E-state index contributed by atoms with van der Waals surface area (Å²) in [6, 6.07) is 0. The fraction of sp³-hybridized carbons (Fsp3) is 0.571. The molecule has 0 aliphatic heterocycles. The fourth-order valence-corrected chi connectivity index (χ4v) is 1.35. The first-order chi connectivity index (χ1) is 7.01. The molecule has 0 bridgehead atoms. The Morgan fingerprint density at radius 1 is 1.27 bits per heavy atom. The van der Waals surface area contributed by atoms with Gasteiger partial charge in [-0.2, -0.15) is 0 Å². The molecule has 0 saturated heterocycles. The van der Waals surface area contributed by atoms with Gasteiger partial charge in [0.25, 0.3) is 0 Å². The molecule has 0 rings (SSSR count). The SMILES string of the molecule is CC/C(C)=C(C)/C=C(S)\C=C/C(C)CC. The normalized spacial score (nSPS) is 16.8. The van der Waals surface area contributed by atoms with Gasteiger partial charge >= 0.3 is 0 Å². The van der Waals surface area contributed by atoms with Crippen LogP contribution in [0.1, 0.15) is 47.5 Å². The number of hydrogen-bond acceptors (Lipinski definition) is 1. The van der Waals surface area contributed by atoms with E-state index in [9.17, 15) is 0 Å². The molecule has 0 aromatic rings. The van der Waals surface area contributed by atoms with Crippen LogP contribution in [0.3, 0.4) is 0 Å². The van der Waals surface area contributed by atoms with Crippen molar-refractivity contribution in [3.8, 4) is 0 Å². The third-order valence-corrected chi connectivity index (χ3v) is 3.09. The van der Waals surface area contributed by atoms with Gasteiger partial charge in [0.15, 0.2) is 0 Å². The molecule has 0 radical (unpaired) electrons. The van der Waals surface area contributed by atoms with E-state index in [4.69, 9.17) is 0 Å². The largest absolute Gasteiger partial charge is 0.143 e. The van der Waals surface area contributed by atoms with Crippen LogP contribution in [0.25, 0.3) is 0 Å². The van der Waals surface area contributed by atoms with E-state index in [0.717, 1.165) is 11.3 Å². The molecule has 1 unspecified atom stereocenters. The Kier molecular flexibility index (Phi) is 7.59. The van der Waals surface area contributed by atoms with Gasteiger partial charge in [0.2, 0.25) is 0 Å². The van der Waals surface area contributed by atoms with Crippen LogP contribution in [0.4, 0.5) is 0 Å². The standard InChI is InChI=1S/C14H24S/c1-6-11(3)8-9-14(15)10-13(5)12(4)7-2/h8-11,15H,6-7H2,1-5H3/b9-8-,13-12+,14-10+. The van der Waals surface area contributed by atoms with Gasteiger partial charge in [0.05, 0.1) is 0 Å². The first kappa shape index (κ1) is 14.6. The molecule has 1 atom stereocenters. The summed E-state index contributed by atoms with van der Waals surface area (Å²) >= 11 is 4.46. The van der Waals surface area contributed by atoms with Crippen molar-refractivity contribution in [3.63, 3.8) is 0 Å². The quantitative estimate of drug-likeness (QED) is 0.484. The van der Waals surface area contributed by atoms with Crippen LogP contribution in [-0.2, 0) is 0 Å². The molecule has 0 nitrogen and oxygen atoms in total. The molecule has 1 heteroatoms. The third kappa shape index (κ3) is 6.62. The molecule has 0 heterocycles. The molecule has 0 fully saturated rings. The lowest BCUT2D eigenvalue weighted by Crippen LogP contribution is -1.84. The van der Waals surface area contributed by atoms with Crippen LogP contribution in [0.2, 0.25) is 0 Å². The number of thiol groups is 1. The molecule has 15 heavy (non-hydrogen) atoms. The monoisotopic (exact) mass is 224 g/mol. The maximum Gasteiger partial charge on any atom is 0.00395 e. The summed E-state index contributed by atoms with van der Waals surface area (Å²) < 4.78 is 0. The van der Waals surface area contributed by atoms with Crippen LogP contribution in [-0.4, -0.2) is 0 Å². The first-order valence-electron chi connectivity index (χ1n) is 5.76. The summed E-state index contributed by atoms with van der Waals surface area (Å²) in [6.07, 6.45) is 8.75. The minimum atomic E-state index is 0.636. The average Bonchev–Trinajstić information content (AvgIpc) is 2.24. The third-order valence-electron chi connectivity index (χ3n) is 2.81. The zero-order chi connectivity index (χ0) is 11.8. The predicted octanol–water partition coefficient (Wildman–Crippen LogP) is 5.15. The van der Waals surface area contributed by atoms with E-state index in [-0.39, 0.29) is 0 Å². The van der Waals surface area contributed by atoms with Gasteiger partial charge in [-0.3, -0.25) is 0 Å². The molecular formula is C14H24S. The lowest BCUT2D eigenvalue weighted by atomic mass is 10.1. The Balaban J connectivity index is 4.51. The molecule has 0 aromatic heterocycles. The highest BCUT2D eigenvalue weighted by molar-refractivity contribution is 7.84. The highest BCUT2D eigenvalue weighted by Gasteiger charge is 1.93. The van der Waals surface area contributed by atoms with Crippen molar-refractivity contribution >= 4 is 12.6 Å². The lowest BCUT2D eigenvalue weighted by Gasteiger charge is -2.02. The Hall–Kier alpha value is -0.430. The minimum absolute atomic E-state index is 0.636. The minimum Gasteiger partial charge on any atom is -0.143 e. The zero-order valence-electron chi connectivity index (χ0n) is 10.7. The summed E-state index contributed by atoms with van der Waals surface area (Å²) in [5.41, 5.74) is 2.76. The van der Waals surface area contributed by atoms with E-state index in [2.05, 4.69) is 65.5 Å². The van der Waals surface area contributed by atoms with Crippen molar-refractivity contribution < 1.29 is 0 Å². The van der Waals surface area contributed by atoms with E-state index >= 15 is 0 Å². The van der Waals surface area contributed by atoms with Gasteiger partial charge in [-0.1, -0.05) is 50.5 Å². The van der Waals surface area contributed by atoms with Crippen molar-refractivity contribution in [1.82, 2.24) is 0 Å². The van der Waals surface area contributed by atoms with Gasteiger partial charge in [-0.25, -0.2) is 0 Å². The Bertz CT molecular complexity index is 269. The van der Waals surface area contributed by atoms with Gasteiger partial charge in [0, 0.05) is 4.91 Å². The second-order valence-electron chi connectivity index (χ2n) is 4.13. The van der Waals surface area contributed by atoms with Gasteiger partial charge < -0.3 is 0 Å². The molecule has 0 aromatic carbocycles. The van der Waals surface area contributed by atoms with Crippen molar-refractivity contribution in [2.24, 2.45) is 5.92 Å². The zero-order valence-corrected chi connectivity index (χ0v) is 11.6. The molecule has 0 aliphatic carbocycles. The van der Waals surface area contributed by atoms with Crippen molar-refractivity contribution in [2.45, 2.75) is 47.5 Å². The van der Waals surface area contributed by atoms with Gasteiger partial charge in [-0.15, -0.1) is 12.6 Å². The molecule has 0 aliphatic rings. The average molecular weight is 224 g/mol. The molecule has 0 spiro atoms. The van der Waals surface area contributed by atoms with Gasteiger partial charge in [0.1, 0.15) is 0 Å². The van der Waals surface area contributed by atoms with Crippen LogP contribution in [0.5, 0.6) is 0 Å². The summed E-state index contributed by atoms with van der Waals surface area (Å²) in [4.78, 5) is 1.04. The van der Waals surface area contributed by atoms with Crippen LogP contribution in [0.15, 0.2) is 34.3 Å². The molecular weight excluding hydrogens is 200 g/mol. The second-order valence-corrected chi connectivity index (χ2v) is 4.65. The van der Waals surface area contributed by atoms with E-state index in [0.29, 0.717) is 5.92 Å². The van der Waals surface area contributed by atoms with Crippen molar-refractivity contribution in [3.05, 3.63) is 34.3 Å². The summed E-state index contributed by atoms with van der Waals surface area (Å²) in [7, 11) is 0. The van der Waals surface area contributed by atoms with Crippen LogP contribution >= 0.6 is 12.6 Å². The van der Waals surface area contributed by atoms with E-state index in [1.165, 1.54) is 17.6 Å². The topological polar surface area (TPSA) is 0 Å². The molecule has 0 saturated carbocycles. The second kappa shape index (κ2) is 7.81. The van der Waals surface area contributed by atoms with Crippen LogP contribution in [0, 0.1) is 5.92 Å². The number of hydrogen-bond donors (Lipinski definition) is 1. The summed E-state index contributed by atoms with van der Waals surface area (Å²) in [5.74, 6) is 0.636. The van der Waals surface area contributed by atoms with Gasteiger partial charge in [-0.05, 0) is 32.3 Å². The van der Waals surface area contributed by atoms with Crippen molar-refractivity contribution in [2.75, 3.05) is 0 Å². The number of rotatable bonds is 5. The number of allylic oxidation sites excluding steroid dienone is 5. The highest BCUT2D eigenvalue weighted by atomic mass is 32.1. The maximum absolute atomic E-state index is 4.46. The highest BCUT2D eigenvalue weighted by Crippen LogP contribution is 2.14. The van der Waals surface area contributed by atoms with E-state index in [1.807, 2.05) is 0 Å². The Morgan fingerprint density at radius 2 is 1.87 bits per heavy atom. The smallest absolute Gasteiger partial charge is 0.00395 e. The molecule has 0 amide bonds. The maximum atomic E-state index is 4.46. The van der Waals surface area contributed by atoms with Crippen molar-refractivity contribution in [1.29, 1.82) is 0 Å². The predicted molar refractivity (Wildman–Crippen MR) is 74.3 cm³/mol. The van der Waals surface area contributed by atoms with E-state index < -0.39 is 0 Å². The Morgan fingerprint density at radius 3 is 2.33 bits per heavy atom. The van der Waals surface area contributed by atoms with E-state index in [1.54, 1.807) is 0 Å².